The number of hydrogen-bond donors (Lipinski definition) is 2. The third-order valence-corrected chi connectivity index (χ3v) is 3.59. The number of carbonyl (C=O) groups excluding carboxylic acids is 1. The molecule has 0 aliphatic heterocycles. The van der Waals surface area contributed by atoms with Crippen LogP contribution >= 0.6 is 15.9 Å². The maximum absolute atomic E-state index is 11.9. The van der Waals surface area contributed by atoms with Crippen LogP contribution in [0.4, 0.5) is 5.69 Å². The Hall–Kier alpha value is -0.870. The van der Waals surface area contributed by atoms with Gasteiger partial charge in [0, 0.05) is 16.7 Å². The van der Waals surface area contributed by atoms with Gasteiger partial charge in [0.1, 0.15) is 0 Å². The summed E-state index contributed by atoms with van der Waals surface area (Å²) >= 11 is 3.44. The van der Waals surface area contributed by atoms with Gasteiger partial charge < -0.3 is 11.1 Å². The van der Waals surface area contributed by atoms with Gasteiger partial charge in [0.15, 0.2) is 0 Å². The average molecular weight is 299 g/mol. The standard InChI is InChI=1S/C13H19BrN2O/c1-3-4-10(8-15)13(17)16-11-6-5-9(2)12(14)7-11/h5-7,10H,3-4,8,15H2,1-2H3,(H,16,17). The van der Waals surface area contributed by atoms with Crippen molar-refractivity contribution in [1.29, 1.82) is 0 Å². The third kappa shape index (κ3) is 4.13. The van der Waals surface area contributed by atoms with E-state index < -0.39 is 0 Å². The Bertz CT molecular complexity index is 393. The molecular formula is C13H19BrN2O. The van der Waals surface area contributed by atoms with Crippen molar-refractivity contribution in [2.24, 2.45) is 11.7 Å². The summed E-state index contributed by atoms with van der Waals surface area (Å²) in [6.45, 7) is 4.46. The maximum Gasteiger partial charge on any atom is 0.228 e. The Morgan fingerprint density at radius 2 is 2.24 bits per heavy atom. The van der Waals surface area contributed by atoms with Gasteiger partial charge in [0.05, 0.1) is 5.92 Å². The molecule has 0 aromatic heterocycles. The van der Waals surface area contributed by atoms with E-state index in [9.17, 15) is 4.79 Å². The molecule has 3 N–H and O–H groups in total. The molecule has 0 saturated heterocycles. The second kappa shape index (κ2) is 6.77. The summed E-state index contributed by atoms with van der Waals surface area (Å²) in [6, 6.07) is 5.78. The van der Waals surface area contributed by atoms with Crippen LogP contribution in [0.2, 0.25) is 0 Å². The highest BCUT2D eigenvalue weighted by atomic mass is 79.9. The molecule has 1 aromatic carbocycles. The van der Waals surface area contributed by atoms with Crippen LogP contribution in [0, 0.1) is 12.8 Å². The number of rotatable bonds is 5. The van der Waals surface area contributed by atoms with Gasteiger partial charge in [-0.05, 0) is 31.0 Å². The number of benzene rings is 1. The number of nitrogens with one attached hydrogen (secondary N) is 1. The van der Waals surface area contributed by atoms with Crippen molar-refractivity contribution < 1.29 is 4.79 Å². The summed E-state index contributed by atoms with van der Waals surface area (Å²) in [5.41, 5.74) is 7.55. The largest absolute Gasteiger partial charge is 0.330 e. The summed E-state index contributed by atoms with van der Waals surface area (Å²) in [6.07, 6.45) is 1.79. The zero-order valence-corrected chi connectivity index (χ0v) is 11.9. The van der Waals surface area contributed by atoms with Gasteiger partial charge in [-0.1, -0.05) is 35.3 Å². The van der Waals surface area contributed by atoms with Crippen molar-refractivity contribution in [1.82, 2.24) is 0 Å². The first kappa shape index (κ1) is 14.2. The summed E-state index contributed by atoms with van der Waals surface area (Å²) in [5.74, 6) is -0.0924. The monoisotopic (exact) mass is 298 g/mol. The van der Waals surface area contributed by atoms with E-state index in [0.717, 1.165) is 28.6 Å². The number of aryl methyl sites for hydroxylation is 1. The molecule has 0 heterocycles. The zero-order valence-electron chi connectivity index (χ0n) is 10.3. The molecule has 0 radical (unpaired) electrons. The highest BCUT2D eigenvalue weighted by Crippen LogP contribution is 2.21. The van der Waals surface area contributed by atoms with E-state index in [1.54, 1.807) is 0 Å². The molecule has 4 heteroatoms. The first-order valence-electron chi connectivity index (χ1n) is 5.85. The number of hydrogen-bond acceptors (Lipinski definition) is 2. The van der Waals surface area contributed by atoms with Gasteiger partial charge >= 0.3 is 0 Å². The molecule has 0 aliphatic rings. The van der Waals surface area contributed by atoms with Crippen LogP contribution in [0.15, 0.2) is 22.7 Å². The molecule has 1 atom stereocenters. The fourth-order valence-corrected chi connectivity index (χ4v) is 2.00. The Morgan fingerprint density at radius 3 is 2.76 bits per heavy atom. The lowest BCUT2D eigenvalue weighted by molar-refractivity contribution is -0.119. The molecule has 0 bridgehead atoms. The topological polar surface area (TPSA) is 55.1 Å². The minimum atomic E-state index is -0.0971. The van der Waals surface area contributed by atoms with Gasteiger partial charge in [0.2, 0.25) is 5.91 Å². The van der Waals surface area contributed by atoms with Crippen LogP contribution < -0.4 is 11.1 Å². The summed E-state index contributed by atoms with van der Waals surface area (Å²) < 4.78 is 0.995. The van der Waals surface area contributed by atoms with E-state index in [0.29, 0.717) is 6.54 Å². The van der Waals surface area contributed by atoms with Gasteiger partial charge in [-0.2, -0.15) is 0 Å². The number of anilines is 1. The molecule has 0 saturated carbocycles. The predicted molar refractivity (Wildman–Crippen MR) is 75.0 cm³/mol. The lowest BCUT2D eigenvalue weighted by Crippen LogP contribution is -2.29. The smallest absolute Gasteiger partial charge is 0.228 e. The number of halogens is 1. The Labute approximate surface area is 111 Å². The minimum Gasteiger partial charge on any atom is -0.330 e. The molecule has 17 heavy (non-hydrogen) atoms. The molecule has 0 fully saturated rings. The highest BCUT2D eigenvalue weighted by Gasteiger charge is 2.15. The predicted octanol–water partition coefficient (Wildman–Crippen LogP) is 3.07. The SMILES string of the molecule is CCCC(CN)C(=O)Nc1ccc(C)c(Br)c1. The number of carbonyl (C=O) groups is 1. The number of nitrogens with two attached hydrogens (primary N) is 1. The zero-order chi connectivity index (χ0) is 12.8. The molecule has 1 rings (SSSR count). The maximum atomic E-state index is 11.9. The van der Waals surface area contributed by atoms with Crippen LogP contribution in [0.1, 0.15) is 25.3 Å². The van der Waals surface area contributed by atoms with Crippen LogP contribution in [-0.2, 0) is 4.79 Å². The van der Waals surface area contributed by atoms with Crippen molar-refractivity contribution in [3.63, 3.8) is 0 Å². The van der Waals surface area contributed by atoms with Gasteiger partial charge in [-0.3, -0.25) is 4.79 Å². The molecule has 1 aromatic rings. The molecule has 1 amide bonds. The highest BCUT2D eigenvalue weighted by molar-refractivity contribution is 9.10. The lowest BCUT2D eigenvalue weighted by atomic mass is 10.0. The van der Waals surface area contributed by atoms with Crippen molar-refractivity contribution in [2.45, 2.75) is 26.7 Å². The fraction of sp³-hybridized carbons (Fsp3) is 0.462. The van der Waals surface area contributed by atoms with Crippen molar-refractivity contribution in [2.75, 3.05) is 11.9 Å². The lowest BCUT2D eigenvalue weighted by Gasteiger charge is -2.14. The first-order chi connectivity index (χ1) is 8.08. The summed E-state index contributed by atoms with van der Waals surface area (Å²) in [7, 11) is 0. The summed E-state index contributed by atoms with van der Waals surface area (Å²) in [5, 5.41) is 2.90. The van der Waals surface area contributed by atoms with E-state index >= 15 is 0 Å². The van der Waals surface area contributed by atoms with E-state index in [4.69, 9.17) is 5.73 Å². The molecule has 0 spiro atoms. The first-order valence-corrected chi connectivity index (χ1v) is 6.64. The molecular weight excluding hydrogens is 280 g/mol. The normalized spacial score (nSPS) is 12.2. The third-order valence-electron chi connectivity index (χ3n) is 2.73. The van der Waals surface area contributed by atoms with Gasteiger partial charge in [0.25, 0.3) is 0 Å². The molecule has 0 aliphatic carbocycles. The van der Waals surface area contributed by atoms with E-state index in [1.165, 1.54) is 0 Å². The Kier molecular flexibility index (Phi) is 5.65. The number of amides is 1. The Morgan fingerprint density at radius 1 is 1.53 bits per heavy atom. The second-order valence-electron chi connectivity index (χ2n) is 4.17. The molecule has 3 nitrogen and oxygen atoms in total. The van der Waals surface area contributed by atoms with Crippen LogP contribution in [0.5, 0.6) is 0 Å². The Balaban J connectivity index is 2.69. The van der Waals surface area contributed by atoms with E-state index in [-0.39, 0.29) is 11.8 Å². The van der Waals surface area contributed by atoms with Crippen LogP contribution in [0.25, 0.3) is 0 Å². The van der Waals surface area contributed by atoms with E-state index in [2.05, 4.69) is 28.2 Å². The average Bonchev–Trinajstić information content (AvgIpc) is 2.30. The molecule has 1 unspecified atom stereocenters. The van der Waals surface area contributed by atoms with Crippen molar-refractivity contribution in [3.8, 4) is 0 Å². The summed E-state index contributed by atoms with van der Waals surface area (Å²) in [4.78, 5) is 11.9. The van der Waals surface area contributed by atoms with Crippen LogP contribution in [-0.4, -0.2) is 12.5 Å². The van der Waals surface area contributed by atoms with Gasteiger partial charge in [-0.25, -0.2) is 0 Å². The minimum absolute atomic E-state index is 0.00473. The van der Waals surface area contributed by atoms with Gasteiger partial charge in [-0.15, -0.1) is 0 Å². The molecule has 94 valence electrons. The fourth-order valence-electron chi connectivity index (χ4n) is 1.62. The van der Waals surface area contributed by atoms with E-state index in [1.807, 2.05) is 25.1 Å². The van der Waals surface area contributed by atoms with Crippen LogP contribution in [0.3, 0.4) is 0 Å². The van der Waals surface area contributed by atoms with Crippen molar-refractivity contribution in [3.05, 3.63) is 28.2 Å². The van der Waals surface area contributed by atoms with Crippen molar-refractivity contribution >= 4 is 27.5 Å². The second-order valence-corrected chi connectivity index (χ2v) is 5.03. The quantitative estimate of drug-likeness (QED) is 0.878.